The second-order valence-corrected chi connectivity index (χ2v) is 4.22. The summed E-state index contributed by atoms with van der Waals surface area (Å²) < 4.78 is 14.9. The van der Waals surface area contributed by atoms with E-state index < -0.39 is 5.97 Å². The predicted molar refractivity (Wildman–Crippen MR) is 71.3 cm³/mol. The Kier molecular flexibility index (Phi) is 4.24. The van der Waals surface area contributed by atoms with Crippen molar-refractivity contribution in [1.82, 2.24) is 4.90 Å². The van der Waals surface area contributed by atoms with Crippen molar-refractivity contribution in [3.63, 3.8) is 0 Å². The molecule has 1 amide bonds. The minimum atomic E-state index is -0.461. The number of amides is 1. The monoisotopic (exact) mass is 277 g/mol. The third-order valence-electron chi connectivity index (χ3n) is 2.79. The number of methoxy groups -OCH3 is 1. The molecule has 0 N–H and O–H groups in total. The van der Waals surface area contributed by atoms with Crippen LogP contribution in [0.25, 0.3) is 6.08 Å². The molecule has 0 unspecified atom stereocenters. The van der Waals surface area contributed by atoms with Gasteiger partial charge in [0.25, 0.3) is 0 Å². The molecule has 0 saturated carbocycles. The van der Waals surface area contributed by atoms with Gasteiger partial charge in [-0.3, -0.25) is 9.59 Å². The number of ether oxygens (including phenoxy) is 3. The van der Waals surface area contributed by atoms with Crippen LogP contribution in [0.3, 0.4) is 0 Å². The van der Waals surface area contributed by atoms with E-state index >= 15 is 0 Å². The van der Waals surface area contributed by atoms with Crippen LogP contribution in [0.15, 0.2) is 24.3 Å². The van der Waals surface area contributed by atoms with E-state index in [0.717, 1.165) is 5.56 Å². The molecule has 106 valence electrons. The van der Waals surface area contributed by atoms with Crippen LogP contribution in [0.5, 0.6) is 11.5 Å². The van der Waals surface area contributed by atoms with Crippen molar-refractivity contribution in [1.29, 1.82) is 0 Å². The largest absolute Gasteiger partial charge is 0.468 e. The molecule has 6 heteroatoms. The van der Waals surface area contributed by atoms with Crippen molar-refractivity contribution in [2.45, 2.75) is 0 Å². The fraction of sp³-hybridized carbons (Fsp3) is 0.286. The van der Waals surface area contributed by atoms with Gasteiger partial charge >= 0.3 is 5.97 Å². The van der Waals surface area contributed by atoms with E-state index in [-0.39, 0.29) is 19.2 Å². The molecule has 1 aromatic rings. The molecule has 0 saturated heterocycles. The maximum atomic E-state index is 11.8. The molecule has 0 aliphatic carbocycles. The van der Waals surface area contributed by atoms with Gasteiger partial charge in [-0.05, 0) is 23.8 Å². The quantitative estimate of drug-likeness (QED) is 0.608. The Hall–Kier alpha value is -2.50. The maximum Gasteiger partial charge on any atom is 0.325 e. The summed E-state index contributed by atoms with van der Waals surface area (Å²) in [6.45, 7) is 0.129. The predicted octanol–water partition coefficient (Wildman–Crippen LogP) is 1.06. The molecule has 1 aliphatic heterocycles. The van der Waals surface area contributed by atoms with Crippen LogP contribution < -0.4 is 9.47 Å². The number of fused-ring (bicyclic) bond motifs is 1. The number of hydrogen-bond acceptors (Lipinski definition) is 5. The number of hydrogen-bond donors (Lipinski definition) is 0. The van der Waals surface area contributed by atoms with Gasteiger partial charge in [-0.2, -0.15) is 0 Å². The molecular formula is C14H15NO5. The zero-order valence-corrected chi connectivity index (χ0v) is 11.3. The SMILES string of the molecule is COC(=O)CN(C)C(=O)C=Cc1ccc2c(c1)OCO2. The van der Waals surface area contributed by atoms with E-state index in [0.29, 0.717) is 11.5 Å². The lowest BCUT2D eigenvalue weighted by Gasteiger charge is -2.12. The molecular weight excluding hydrogens is 262 g/mol. The molecule has 0 radical (unpaired) electrons. The molecule has 0 atom stereocenters. The first kappa shape index (κ1) is 13.9. The van der Waals surface area contributed by atoms with E-state index in [1.165, 1.54) is 25.1 Å². The van der Waals surface area contributed by atoms with Crippen LogP contribution in [0.4, 0.5) is 0 Å². The molecule has 20 heavy (non-hydrogen) atoms. The summed E-state index contributed by atoms with van der Waals surface area (Å²) in [6, 6.07) is 5.38. The first-order valence-electron chi connectivity index (χ1n) is 6.00. The van der Waals surface area contributed by atoms with Crippen LogP contribution in [0, 0.1) is 0 Å². The summed E-state index contributed by atoms with van der Waals surface area (Å²) in [5.74, 6) is 0.601. The fourth-order valence-electron chi connectivity index (χ4n) is 1.65. The first-order valence-corrected chi connectivity index (χ1v) is 6.00. The second kappa shape index (κ2) is 6.10. The average molecular weight is 277 g/mol. The van der Waals surface area contributed by atoms with E-state index in [2.05, 4.69) is 4.74 Å². The van der Waals surface area contributed by atoms with Crippen LogP contribution >= 0.6 is 0 Å². The first-order chi connectivity index (χ1) is 9.60. The minimum absolute atomic E-state index is 0.0825. The molecule has 1 heterocycles. The Bertz CT molecular complexity index is 552. The molecule has 2 rings (SSSR count). The zero-order valence-electron chi connectivity index (χ0n) is 11.3. The van der Waals surface area contributed by atoms with Gasteiger partial charge in [0, 0.05) is 13.1 Å². The summed E-state index contributed by atoms with van der Waals surface area (Å²) in [4.78, 5) is 24.1. The highest BCUT2D eigenvalue weighted by atomic mass is 16.7. The van der Waals surface area contributed by atoms with E-state index in [9.17, 15) is 9.59 Å². The topological polar surface area (TPSA) is 65.1 Å². The number of rotatable bonds is 4. The third kappa shape index (κ3) is 3.28. The molecule has 6 nitrogen and oxygen atoms in total. The number of carbonyl (C=O) groups excluding carboxylic acids is 2. The van der Waals surface area contributed by atoms with Crippen molar-refractivity contribution in [3.8, 4) is 11.5 Å². The average Bonchev–Trinajstić information content (AvgIpc) is 2.91. The molecule has 0 fully saturated rings. The smallest absolute Gasteiger partial charge is 0.325 e. The molecule has 0 aromatic heterocycles. The number of nitrogens with zero attached hydrogens (tertiary/aromatic N) is 1. The summed E-state index contributed by atoms with van der Waals surface area (Å²) in [7, 11) is 2.81. The Morgan fingerprint density at radius 1 is 1.35 bits per heavy atom. The number of benzene rings is 1. The van der Waals surface area contributed by atoms with Gasteiger partial charge < -0.3 is 19.1 Å². The van der Waals surface area contributed by atoms with Crippen LogP contribution in [0.1, 0.15) is 5.56 Å². The minimum Gasteiger partial charge on any atom is -0.468 e. The van der Waals surface area contributed by atoms with Gasteiger partial charge in [-0.15, -0.1) is 0 Å². The van der Waals surface area contributed by atoms with Crippen molar-refractivity contribution in [3.05, 3.63) is 29.8 Å². The summed E-state index contributed by atoms with van der Waals surface area (Å²) >= 11 is 0. The number of carbonyl (C=O) groups is 2. The highest BCUT2D eigenvalue weighted by molar-refractivity contribution is 5.93. The zero-order chi connectivity index (χ0) is 14.5. The summed E-state index contributed by atoms with van der Waals surface area (Å²) in [5, 5.41) is 0. The van der Waals surface area contributed by atoms with Crippen molar-refractivity contribution in [2.75, 3.05) is 27.5 Å². The second-order valence-electron chi connectivity index (χ2n) is 4.22. The van der Waals surface area contributed by atoms with Crippen molar-refractivity contribution >= 4 is 18.0 Å². The lowest BCUT2D eigenvalue weighted by Crippen LogP contribution is -2.31. The Morgan fingerprint density at radius 2 is 2.10 bits per heavy atom. The maximum absolute atomic E-state index is 11.8. The Balaban J connectivity index is 1.98. The Labute approximate surface area is 116 Å². The van der Waals surface area contributed by atoms with Crippen LogP contribution in [-0.2, 0) is 14.3 Å². The van der Waals surface area contributed by atoms with E-state index in [1.54, 1.807) is 18.2 Å². The molecule has 0 bridgehead atoms. The van der Waals surface area contributed by atoms with Gasteiger partial charge in [0.05, 0.1) is 7.11 Å². The number of esters is 1. The van der Waals surface area contributed by atoms with Crippen molar-refractivity contribution < 1.29 is 23.8 Å². The normalized spacial score (nSPS) is 12.5. The van der Waals surface area contributed by atoms with Crippen LogP contribution in [0.2, 0.25) is 0 Å². The summed E-state index contributed by atoms with van der Waals surface area (Å²) in [5.41, 5.74) is 0.814. The van der Waals surface area contributed by atoms with E-state index in [4.69, 9.17) is 9.47 Å². The highest BCUT2D eigenvalue weighted by Crippen LogP contribution is 2.32. The third-order valence-corrected chi connectivity index (χ3v) is 2.79. The van der Waals surface area contributed by atoms with Crippen LogP contribution in [-0.4, -0.2) is 44.3 Å². The van der Waals surface area contributed by atoms with Gasteiger partial charge in [-0.1, -0.05) is 6.07 Å². The molecule has 1 aromatic carbocycles. The Morgan fingerprint density at radius 3 is 2.85 bits per heavy atom. The van der Waals surface area contributed by atoms with Crippen molar-refractivity contribution in [2.24, 2.45) is 0 Å². The standard InChI is InChI=1S/C14H15NO5/c1-15(8-14(17)18-2)13(16)6-4-10-3-5-11-12(7-10)20-9-19-11/h3-7H,8-9H2,1-2H3. The molecule has 1 aliphatic rings. The summed E-state index contributed by atoms with van der Waals surface area (Å²) in [6.07, 6.45) is 3.04. The number of likely N-dealkylation sites (N-methyl/N-ethyl adjacent to an activating group) is 1. The lowest BCUT2D eigenvalue weighted by molar-refractivity contribution is -0.144. The fourth-order valence-corrected chi connectivity index (χ4v) is 1.65. The van der Waals surface area contributed by atoms with Gasteiger partial charge in [0.15, 0.2) is 11.5 Å². The van der Waals surface area contributed by atoms with E-state index in [1.807, 2.05) is 6.07 Å². The highest BCUT2D eigenvalue weighted by Gasteiger charge is 2.13. The van der Waals surface area contributed by atoms with Gasteiger partial charge in [-0.25, -0.2) is 0 Å². The van der Waals surface area contributed by atoms with Gasteiger partial charge in [0.2, 0.25) is 12.7 Å². The van der Waals surface area contributed by atoms with Gasteiger partial charge in [0.1, 0.15) is 6.54 Å². The molecule has 0 spiro atoms. The lowest BCUT2D eigenvalue weighted by atomic mass is 10.2.